The zero-order valence-electron chi connectivity index (χ0n) is 7.34. The van der Waals surface area contributed by atoms with Crippen LogP contribution in [0.5, 0.6) is 0 Å². The van der Waals surface area contributed by atoms with Gasteiger partial charge < -0.3 is 24.9 Å². The highest BCUT2D eigenvalue weighted by molar-refractivity contribution is 5.67. The molecule has 2 N–H and O–H groups in total. The summed E-state index contributed by atoms with van der Waals surface area (Å²) >= 11 is 0. The lowest BCUT2D eigenvalue weighted by molar-refractivity contribution is -0.315. The summed E-state index contributed by atoms with van der Waals surface area (Å²) < 4.78 is 4.85. The zero-order valence-corrected chi connectivity index (χ0v) is 7.34. The van der Waals surface area contributed by atoms with Crippen LogP contribution < -0.4 is 5.11 Å². The van der Waals surface area contributed by atoms with E-state index in [1.165, 1.54) is 7.11 Å². The van der Waals surface area contributed by atoms with Crippen LogP contribution in [-0.2, 0) is 9.53 Å². The number of aliphatic hydroxyl groups is 2. The number of ether oxygens (including phenoxy) is 1. The molecule has 0 saturated heterocycles. The van der Waals surface area contributed by atoms with Crippen LogP contribution in [0.4, 0.5) is 0 Å². The fourth-order valence-corrected chi connectivity index (χ4v) is 1.62. The second-order valence-corrected chi connectivity index (χ2v) is 3.32. The molecule has 4 atom stereocenters. The fraction of sp³-hybridized carbons (Fsp3) is 0.875. The lowest BCUT2D eigenvalue weighted by Crippen LogP contribution is -2.49. The van der Waals surface area contributed by atoms with Crippen molar-refractivity contribution in [3.8, 4) is 0 Å². The lowest BCUT2D eigenvalue weighted by atomic mass is 9.83. The zero-order chi connectivity index (χ0) is 10.0. The molecule has 76 valence electrons. The predicted octanol–water partition coefficient (Wildman–Crippen LogP) is -2.12. The normalized spacial score (nSPS) is 40.2. The first-order chi connectivity index (χ1) is 6.06. The summed E-state index contributed by atoms with van der Waals surface area (Å²) in [5.41, 5.74) is 0. The Labute approximate surface area is 75.9 Å². The quantitative estimate of drug-likeness (QED) is 0.518. The Hall–Kier alpha value is -0.650. The molecule has 0 spiro atoms. The Bertz CT molecular complexity index is 193. The van der Waals surface area contributed by atoms with Crippen LogP contribution in [0.25, 0.3) is 0 Å². The van der Waals surface area contributed by atoms with E-state index in [1.54, 1.807) is 0 Å². The molecule has 0 bridgehead atoms. The first-order valence-electron chi connectivity index (χ1n) is 4.16. The number of carbonyl (C=O) groups is 1. The maximum atomic E-state index is 10.5. The monoisotopic (exact) mass is 189 g/mol. The van der Waals surface area contributed by atoms with Gasteiger partial charge in [0.15, 0.2) is 0 Å². The van der Waals surface area contributed by atoms with Crippen molar-refractivity contribution in [3.63, 3.8) is 0 Å². The molecular formula is C8H13O5-. The van der Waals surface area contributed by atoms with E-state index in [-0.39, 0.29) is 12.8 Å². The van der Waals surface area contributed by atoms with Gasteiger partial charge >= 0.3 is 0 Å². The molecule has 0 aliphatic heterocycles. The largest absolute Gasteiger partial charge is 0.550 e. The molecule has 0 radical (unpaired) electrons. The van der Waals surface area contributed by atoms with Gasteiger partial charge in [-0.05, 0) is 12.8 Å². The van der Waals surface area contributed by atoms with Gasteiger partial charge in [-0.3, -0.25) is 0 Å². The highest BCUT2D eigenvalue weighted by Gasteiger charge is 2.36. The summed E-state index contributed by atoms with van der Waals surface area (Å²) in [5, 5.41) is 29.1. The van der Waals surface area contributed by atoms with Crippen LogP contribution in [0.1, 0.15) is 12.8 Å². The van der Waals surface area contributed by atoms with Crippen molar-refractivity contribution in [2.45, 2.75) is 31.2 Å². The topological polar surface area (TPSA) is 89.8 Å². The molecule has 0 aromatic rings. The number of hydrogen-bond donors (Lipinski definition) is 2. The molecule has 1 aliphatic carbocycles. The van der Waals surface area contributed by atoms with Crippen LogP contribution in [0.15, 0.2) is 0 Å². The van der Waals surface area contributed by atoms with Gasteiger partial charge in [0.25, 0.3) is 0 Å². The molecule has 1 fully saturated rings. The molecule has 0 aromatic heterocycles. The first kappa shape index (κ1) is 10.4. The minimum Gasteiger partial charge on any atom is -0.550 e. The number of aliphatic carboxylic acids is 1. The smallest absolute Gasteiger partial charge is 0.106 e. The molecular weight excluding hydrogens is 176 g/mol. The molecule has 5 heteroatoms. The van der Waals surface area contributed by atoms with E-state index < -0.39 is 30.2 Å². The van der Waals surface area contributed by atoms with Crippen LogP contribution in [0.2, 0.25) is 0 Å². The fourth-order valence-electron chi connectivity index (χ4n) is 1.62. The van der Waals surface area contributed by atoms with E-state index in [0.29, 0.717) is 0 Å². The van der Waals surface area contributed by atoms with Gasteiger partial charge in [-0.1, -0.05) is 0 Å². The van der Waals surface area contributed by atoms with Crippen LogP contribution in [-0.4, -0.2) is 41.6 Å². The van der Waals surface area contributed by atoms with Crippen molar-refractivity contribution in [2.75, 3.05) is 7.11 Å². The van der Waals surface area contributed by atoms with Gasteiger partial charge in [0, 0.05) is 19.0 Å². The van der Waals surface area contributed by atoms with Gasteiger partial charge in [-0.25, -0.2) is 0 Å². The van der Waals surface area contributed by atoms with E-state index in [4.69, 9.17) is 4.74 Å². The lowest BCUT2D eigenvalue weighted by Gasteiger charge is -2.36. The Balaban J connectivity index is 2.63. The Morgan fingerprint density at radius 2 is 2.08 bits per heavy atom. The van der Waals surface area contributed by atoms with E-state index >= 15 is 0 Å². The highest BCUT2D eigenvalue weighted by Crippen LogP contribution is 2.26. The second kappa shape index (κ2) is 4.04. The Morgan fingerprint density at radius 3 is 2.54 bits per heavy atom. The number of rotatable bonds is 2. The van der Waals surface area contributed by atoms with Gasteiger partial charge in [0.2, 0.25) is 0 Å². The third-order valence-electron chi connectivity index (χ3n) is 2.45. The van der Waals surface area contributed by atoms with Crippen LogP contribution in [0, 0.1) is 5.92 Å². The summed E-state index contributed by atoms with van der Waals surface area (Å²) in [6.07, 6.45) is -2.44. The Morgan fingerprint density at radius 1 is 1.46 bits per heavy atom. The average Bonchev–Trinajstić information content (AvgIpc) is 2.09. The number of hydrogen-bond acceptors (Lipinski definition) is 5. The minimum absolute atomic E-state index is 0.0311. The van der Waals surface area contributed by atoms with Crippen LogP contribution in [0.3, 0.4) is 0 Å². The van der Waals surface area contributed by atoms with Crippen molar-refractivity contribution in [3.05, 3.63) is 0 Å². The summed E-state index contributed by atoms with van der Waals surface area (Å²) in [4.78, 5) is 10.5. The number of carboxylic acid groups (broad SMARTS) is 1. The van der Waals surface area contributed by atoms with Crippen molar-refractivity contribution in [1.82, 2.24) is 0 Å². The number of methoxy groups -OCH3 is 1. The van der Waals surface area contributed by atoms with Crippen molar-refractivity contribution < 1.29 is 24.9 Å². The standard InChI is InChI=1S/C8H14O5/c1-13-6-3-4(8(11)12)2-5(9)7(6)10/h4-7,9-10H,2-3H2,1H3,(H,11,12)/p-1. The second-order valence-electron chi connectivity index (χ2n) is 3.32. The number of carbonyl (C=O) groups excluding carboxylic acids is 1. The summed E-state index contributed by atoms with van der Waals surface area (Å²) in [7, 11) is 1.37. The number of carboxylic acids is 1. The van der Waals surface area contributed by atoms with Crippen molar-refractivity contribution in [2.24, 2.45) is 5.92 Å². The molecule has 1 rings (SSSR count). The summed E-state index contributed by atoms with van der Waals surface area (Å²) in [6.45, 7) is 0. The molecule has 0 aromatic carbocycles. The van der Waals surface area contributed by atoms with E-state index in [9.17, 15) is 20.1 Å². The maximum Gasteiger partial charge on any atom is 0.106 e. The van der Waals surface area contributed by atoms with Gasteiger partial charge in [-0.2, -0.15) is 0 Å². The SMILES string of the molecule is COC1CC(C(=O)[O-])CC(O)C1O. The molecule has 0 amide bonds. The Kier molecular flexibility index (Phi) is 3.24. The van der Waals surface area contributed by atoms with Crippen molar-refractivity contribution >= 4 is 5.97 Å². The molecule has 5 nitrogen and oxygen atoms in total. The third kappa shape index (κ3) is 2.18. The summed E-state index contributed by atoms with van der Waals surface area (Å²) in [5.74, 6) is -1.93. The van der Waals surface area contributed by atoms with E-state index in [0.717, 1.165) is 0 Å². The van der Waals surface area contributed by atoms with Gasteiger partial charge in [0.1, 0.15) is 6.10 Å². The molecule has 0 heterocycles. The van der Waals surface area contributed by atoms with E-state index in [1.807, 2.05) is 0 Å². The summed E-state index contributed by atoms with van der Waals surface area (Å²) in [6, 6.07) is 0. The molecule has 4 unspecified atom stereocenters. The molecule has 1 saturated carbocycles. The van der Waals surface area contributed by atoms with E-state index in [2.05, 4.69) is 0 Å². The molecule has 13 heavy (non-hydrogen) atoms. The maximum absolute atomic E-state index is 10.5. The first-order valence-corrected chi connectivity index (χ1v) is 4.16. The minimum atomic E-state index is -1.20. The van der Waals surface area contributed by atoms with Crippen LogP contribution >= 0.6 is 0 Å². The average molecular weight is 189 g/mol. The molecule has 1 aliphatic rings. The van der Waals surface area contributed by atoms with Gasteiger partial charge in [0.05, 0.1) is 12.2 Å². The predicted molar refractivity (Wildman–Crippen MR) is 40.5 cm³/mol. The third-order valence-corrected chi connectivity index (χ3v) is 2.45. The number of aliphatic hydroxyl groups excluding tert-OH is 2. The van der Waals surface area contributed by atoms with Crippen molar-refractivity contribution in [1.29, 1.82) is 0 Å². The van der Waals surface area contributed by atoms with Gasteiger partial charge in [-0.15, -0.1) is 0 Å². The highest BCUT2D eigenvalue weighted by atomic mass is 16.5.